The van der Waals surface area contributed by atoms with Gasteiger partial charge in [0.1, 0.15) is 11.9 Å². The summed E-state index contributed by atoms with van der Waals surface area (Å²) in [5.41, 5.74) is 1.24. The molecule has 0 aliphatic rings. The molecule has 0 unspecified atom stereocenters. The first-order chi connectivity index (χ1) is 4.22. The van der Waals surface area contributed by atoms with Crippen LogP contribution in [0.15, 0.2) is 12.3 Å². The predicted octanol–water partition coefficient (Wildman–Crippen LogP) is 0.523. The molecule has 0 amide bonds. The second kappa shape index (κ2) is 2.13. The van der Waals surface area contributed by atoms with Crippen LogP contribution in [-0.4, -0.2) is 4.98 Å². The van der Waals surface area contributed by atoms with Gasteiger partial charge in [-0.05, 0) is 6.92 Å². The van der Waals surface area contributed by atoms with E-state index in [0.717, 1.165) is 5.82 Å². The molecule has 0 saturated carbocycles. The second-order valence-electron chi connectivity index (χ2n) is 2.19. The SMILES string of the molecule is Cc1ccnc(C)[n+]1C. The van der Waals surface area contributed by atoms with Crippen molar-refractivity contribution in [3.63, 3.8) is 0 Å². The normalized spacial score (nSPS) is 9.67. The fraction of sp³-hybridized carbons (Fsp3) is 0.429. The summed E-state index contributed by atoms with van der Waals surface area (Å²) < 4.78 is 2.06. The predicted molar refractivity (Wildman–Crippen MR) is 34.9 cm³/mol. The molecule has 48 valence electrons. The van der Waals surface area contributed by atoms with Crippen LogP contribution in [0, 0.1) is 13.8 Å². The first kappa shape index (κ1) is 6.20. The second-order valence-corrected chi connectivity index (χ2v) is 2.19. The number of aryl methyl sites for hydroxylation is 2. The van der Waals surface area contributed by atoms with E-state index in [4.69, 9.17) is 0 Å². The highest BCUT2D eigenvalue weighted by atomic mass is 15.0. The molecule has 0 aromatic carbocycles. The molecular formula is C7H11N2+. The number of hydrogen-bond donors (Lipinski definition) is 0. The van der Waals surface area contributed by atoms with Gasteiger partial charge in [0.05, 0.1) is 7.05 Å². The van der Waals surface area contributed by atoms with Crippen LogP contribution in [0.2, 0.25) is 0 Å². The van der Waals surface area contributed by atoms with Gasteiger partial charge in [-0.15, -0.1) is 0 Å². The van der Waals surface area contributed by atoms with Gasteiger partial charge < -0.3 is 0 Å². The summed E-state index contributed by atoms with van der Waals surface area (Å²) in [6.45, 7) is 4.06. The van der Waals surface area contributed by atoms with Crippen LogP contribution in [0.1, 0.15) is 11.5 Å². The molecule has 1 heterocycles. The van der Waals surface area contributed by atoms with Gasteiger partial charge in [-0.25, -0.2) is 4.57 Å². The highest BCUT2D eigenvalue weighted by molar-refractivity contribution is 4.89. The van der Waals surface area contributed by atoms with Gasteiger partial charge in [0, 0.05) is 13.0 Å². The van der Waals surface area contributed by atoms with E-state index in [2.05, 4.69) is 16.5 Å². The Bertz CT molecular complexity index is 198. The third-order valence-electron chi connectivity index (χ3n) is 1.59. The fourth-order valence-corrected chi connectivity index (χ4v) is 0.707. The summed E-state index contributed by atoms with van der Waals surface area (Å²) in [5.74, 6) is 1.05. The molecular weight excluding hydrogens is 112 g/mol. The average Bonchev–Trinajstić information content (AvgIpc) is 1.83. The van der Waals surface area contributed by atoms with Gasteiger partial charge >= 0.3 is 0 Å². The smallest absolute Gasteiger partial charge is 0.235 e. The minimum atomic E-state index is 1.05. The topological polar surface area (TPSA) is 16.8 Å². The Morgan fingerprint density at radius 3 is 2.56 bits per heavy atom. The lowest BCUT2D eigenvalue weighted by Gasteiger charge is -1.94. The lowest BCUT2D eigenvalue weighted by molar-refractivity contribution is -0.687. The first-order valence-corrected chi connectivity index (χ1v) is 3.00. The largest absolute Gasteiger partial charge is 0.295 e. The Morgan fingerprint density at radius 2 is 2.11 bits per heavy atom. The Morgan fingerprint density at radius 1 is 1.44 bits per heavy atom. The Hall–Kier alpha value is -0.920. The van der Waals surface area contributed by atoms with Crippen LogP contribution in [-0.2, 0) is 7.05 Å². The molecule has 0 fully saturated rings. The van der Waals surface area contributed by atoms with Crippen molar-refractivity contribution in [2.24, 2.45) is 7.05 Å². The van der Waals surface area contributed by atoms with E-state index in [1.807, 2.05) is 26.2 Å². The molecule has 0 radical (unpaired) electrons. The summed E-state index contributed by atoms with van der Waals surface area (Å²) in [6.07, 6.45) is 1.82. The molecule has 2 heteroatoms. The van der Waals surface area contributed by atoms with E-state index in [0.29, 0.717) is 0 Å². The van der Waals surface area contributed by atoms with Crippen LogP contribution >= 0.6 is 0 Å². The minimum absolute atomic E-state index is 1.05. The third-order valence-corrected chi connectivity index (χ3v) is 1.59. The van der Waals surface area contributed by atoms with Crippen molar-refractivity contribution in [2.45, 2.75) is 13.8 Å². The zero-order chi connectivity index (χ0) is 6.85. The molecule has 0 atom stereocenters. The van der Waals surface area contributed by atoms with Gasteiger partial charge in [0.15, 0.2) is 0 Å². The van der Waals surface area contributed by atoms with Gasteiger partial charge in [0.25, 0.3) is 5.82 Å². The summed E-state index contributed by atoms with van der Waals surface area (Å²) in [5, 5.41) is 0. The fourth-order valence-electron chi connectivity index (χ4n) is 0.707. The van der Waals surface area contributed by atoms with Crippen molar-refractivity contribution in [3.05, 3.63) is 23.8 Å². The molecule has 1 rings (SSSR count). The Balaban J connectivity index is 3.25. The molecule has 2 nitrogen and oxygen atoms in total. The molecule has 0 N–H and O–H groups in total. The van der Waals surface area contributed by atoms with Crippen molar-refractivity contribution in [1.82, 2.24) is 4.98 Å². The van der Waals surface area contributed by atoms with Crippen LogP contribution in [0.25, 0.3) is 0 Å². The lowest BCUT2D eigenvalue weighted by atomic mass is 10.4. The summed E-state index contributed by atoms with van der Waals surface area (Å²) in [6, 6.07) is 1.99. The molecule has 1 aromatic heterocycles. The zero-order valence-corrected chi connectivity index (χ0v) is 6.05. The lowest BCUT2D eigenvalue weighted by Crippen LogP contribution is -2.36. The average molecular weight is 123 g/mol. The molecule has 1 aromatic rings. The van der Waals surface area contributed by atoms with Crippen molar-refractivity contribution in [1.29, 1.82) is 0 Å². The quantitative estimate of drug-likeness (QED) is 0.460. The maximum Gasteiger partial charge on any atom is 0.295 e. The number of hydrogen-bond acceptors (Lipinski definition) is 1. The first-order valence-electron chi connectivity index (χ1n) is 3.00. The van der Waals surface area contributed by atoms with Crippen LogP contribution in [0.3, 0.4) is 0 Å². The van der Waals surface area contributed by atoms with Gasteiger partial charge in [-0.1, -0.05) is 4.98 Å². The van der Waals surface area contributed by atoms with Crippen LogP contribution in [0.4, 0.5) is 0 Å². The monoisotopic (exact) mass is 123 g/mol. The molecule has 0 saturated heterocycles. The maximum atomic E-state index is 4.10. The van der Waals surface area contributed by atoms with Gasteiger partial charge in [-0.2, -0.15) is 0 Å². The zero-order valence-electron chi connectivity index (χ0n) is 6.05. The van der Waals surface area contributed by atoms with Crippen molar-refractivity contribution in [2.75, 3.05) is 0 Å². The van der Waals surface area contributed by atoms with E-state index >= 15 is 0 Å². The number of nitrogens with zero attached hydrogens (tertiary/aromatic N) is 2. The van der Waals surface area contributed by atoms with E-state index in [1.54, 1.807) is 0 Å². The van der Waals surface area contributed by atoms with E-state index in [-0.39, 0.29) is 0 Å². The van der Waals surface area contributed by atoms with Crippen molar-refractivity contribution >= 4 is 0 Å². The third kappa shape index (κ3) is 1.07. The molecule has 0 aliphatic carbocycles. The molecule has 9 heavy (non-hydrogen) atoms. The number of rotatable bonds is 0. The highest BCUT2D eigenvalue weighted by Gasteiger charge is 2.01. The minimum Gasteiger partial charge on any atom is -0.235 e. The van der Waals surface area contributed by atoms with Crippen LogP contribution < -0.4 is 4.57 Å². The van der Waals surface area contributed by atoms with E-state index in [1.165, 1.54) is 5.69 Å². The van der Waals surface area contributed by atoms with E-state index in [9.17, 15) is 0 Å². The molecule has 0 aliphatic heterocycles. The van der Waals surface area contributed by atoms with Crippen molar-refractivity contribution in [3.8, 4) is 0 Å². The molecule has 0 bridgehead atoms. The van der Waals surface area contributed by atoms with E-state index < -0.39 is 0 Å². The number of aromatic nitrogens is 2. The summed E-state index contributed by atoms with van der Waals surface area (Å²) in [7, 11) is 2.01. The van der Waals surface area contributed by atoms with Crippen molar-refractivity contribution < 1.29 is 4.57 Å². The highest BCUT2D eigenvalue weighted by Crippen LogP contribution is 1.85. The molecule has 0 spiro atoms. The standard InChI is InChI=1S/C7H11N2/c1-6-4-5-8-7(2)9(6)3/h4-5H,1-3H3/q+1. The summed E-state index contributed by atoms with van der Waals surface area (Å²) >= 11 is 0. The van der Waals surface area contributed by atoms with Gasteiger partial charge in [-0.3, -0.25) is 0 Å². The van der Waals surface area contributed by atoms with Crippen LogP contribution in [0.5, 0.6) is 0 Å². The Kier molecular flexibility index (Phi) is 1.47. The maximum absolute atomic E-state index is 4.10. The summed E-state index contributed by atoms with van der Waals surface area (Å²) in [4.78, 5) is 4.10. The van der Waals surface area contributed by atoms with Gasteiger partial charge in [0.2, 0.25) is 0 Å². The Labute approximate surface area is 55.2 Å².